The minimum Gasteiger partial charge on any atom is -0.382 e. The van der Waals surface area contributed by atoms with Gasteiger partial charge in [0.15, 0.2) is 0 Å². The molecule has 1 aromatic rings. The van der Waals surface area contributed by atoms with E-state index in [1.54, 1.807) is 0 Å². The summed E-state index contributed by atoms with van der Waals surface area (Å²) in [4.78, 5) is 0. The van der Waals surface area contributed by atoms with Crippen LogP contribution in [0.15, 0.2) is 18.2 Å². The molecule has 1 atom stereocenters. The van der Waals surface area contributed by atoms with E-state index in [-0.39, 0.29) is 0 Å². The zero-order chi connectivity index (χ0) is 11.4. The Kier molecular flexibility index (Phi) is 3.43. The predicted molar refractivity (Wildman–Crippen MR) is 63.4 cm³/mol. The topological polar surface area (TPSA) is 45.0 Å². The van der Waals surface area contributed by atoms with E-state index in [0.29, 0.717) is 11.7 Å². The Labute approximate surface area is 96.0 Å². The second-order valence-corrected chi connectivity index (χ2v) is 4.16. The molecule has 0 aliphatic carbocycles. The summed E-state index contributed by atoms with van der Waals surface area (Å²) in [6, 6.07) is 7.84. The van der Waals surface area contributed by atoms with Gasteiger partial charge >= 0.3 is 0 Å². The Morgan fingerprint density at radius 1 is 1.56 bits per heavy atom. The lowest BCUT2D eigenvalue weighted by Gasteiger charge is -2.13. The van der Waals surface area contributed by atoms with Gasteiger partial charge in [-0.2, -0.15) is 5.26 Å². The first kappa shape index (κ1) is 11.0. The Hall–Kier alpha value is -1.53. The van der Waals surface area contributed by atoms with Gasteiger partial charge < -0.3 is 10.1 Å². The van der Waals surface area contributed by atoms with Crippen LogP contribution in [0.1, 0.15) is 24.0 Å². The standard InChI is InChI=1S/C13H16N2O/c1-10-7-11(8-14)4-5-13(10)15-9-12-3-2-6-16-12/h4-5,7,12,15H,2-3,6,9H2,1H3. The van der Waals surface area contributed by atoms with Crippen LogP contribution in [0.4, 0.5) is 5.69 Å². The van der Waals surface area contributed by atoms with E-state index in [1.165, 1.54) is 6.42 Å². The fraction of sp³-hybridized carbons (Fsp3) is 0.462. The molecule has 0 bridgehead atoms. The number of hydrogen-bond acceptors (Lipinski definition) is 3. The number of benzene rings is 1. The van der Waals surface area contributed by atoms with Crippen molar-refractivity contribution in [2.75, 3.05) is 18.5 Å². The first-order valence-electron chi connectivity index (χ1n) is 5.66. The van der Waals surface area contributed by atoms with Crippen molar-refractivity contribution < 1.29 is 4.74 Å². The molecular weight excluding hydrogens is 200 g/mol. The Morgan fingerprint density at radius 2 is 2.44 bits per heavy atom. The predicted octanol–water partition coefficient (Wildman–Crippen LogP) is 2.46. The number of rotatable bonds is 3. The number of nitrogens with zero attached hydrogens (tertiary/aromatic N) is 1. The zero-order valence-corrected chi connectivity index (χ0v) is 9.49. The Morgan fingerprint density at radius 3 is 3.06 bits per heavy atom. The van der Waals surface area contributed by atoms with Gasteiger partial charge in [0, 0.05) is 18.8 Å². The Balaban J connectivity index is 1.96. The average Bonchev–Trinajstić information content (AvgIpc) is 2.80. The van der Waals surface area contributed by atoms with Crippen LogP contribution in [0.25, 0.3) is 0 Å². The average molecular weight is 216 g/mol. The molecule has 1 fully saturated rings. The van der Waals surface area contributed by atoms with Crippen molar-refractivity contribution in [3.63, 3.8) is 0 Å². The maximum absolute atomic E-state index is 8.77. The van der Waals surface area contributed by atoms with Gasteiger partial charge in [0.05, 0.1) is 17.7 Å². The summed E-state index contributed by atoms with van der Waals surface area (Å²) in [5, 5.41) is 12.1. The highest BCUT2D eigenvalue weighted by Crippen LogP contribution is 2.18. The smallest absolute Gasteiger partial charge is 0.0991 e. The second-order valence-electron chi connectivity index (χ2n) is 4.16. The fourth-order valence-electron chi connectivity index (χ4n) is 1.96. The molecule has 1 aromatic carbocycles. The van der Waals surface area contributed by atoms with Crippen molar-refractivity contribution in [1.29, 1.82) is 5.26 Å². The van der Waals surface area contributed by atoms with Crippen LogP contribution in [-0.4, -0.2) is 19.3 Å². The molecule has 1 aliphatic heterocycles. The van der Waals surface area contributed by atoms with Crippen LogP contribution in [0.3, 0.4) is 0 Å². The normalized spacial score (nSPS) is 19.4. The molecule has 1 heterocycles. The van der Waals surface area contributed by atoms with Crippen molar-refractivity contribution in [2.24, 2.45) is 0 Å². The highest BCUT2D eigenvalue weighted by atomic mass is 16.5. The quantitative estimate of drug-likeness (QED) is 0.844. The van der Waals surface area contributed by atoms with Gasteiger partial charge in [-0.05, 0) is 43.5 Å². The van der Waals surface area contributed by atoms with Gasteiger partial charge in [-0.25, -0.2) is 0 Å². The number of hydrogen-bond donors (Lipinski definition) is 1. The molecule has 0 radical (unpaired) electrons. The third-order valence-corrected chi connectivity index (χ3v) is 2.90. The molecule has 3 nitrogen and oxygen atoms in total. The number of nitriles is 1. The lowest BCUT2D eigenvalue weighted by atomic mass is 10.1. The van der Waals surface area contributed by atoms with Gasteiger partial charge in [-0.15, -0.1) is 0 Å². The fourth-order valence-corrected chi connectivity index (χ4v) is 1.96. The van der Waals surface area contributed by atoms with Crippen molar-refractivity contribution in [2.45, 2.75) is 25.9 Å². The van der Waals surface area contributed by atoms with Crippen LogP contribution in [-0.2, 0) is 4.74 Å². The summed E-state index contributed by atoms with van der Waals surface area (Å²) < 4.78 is 5.54. The summed E-state index contributed by atoms with van der Waals surface area (Å²) in [5.74, 6) is 0. The van der Waals surface area contributed by atoms with Crippen molar-refractivity contribution in [3.05, 3.63) is 29.3 Å². The van der Waals surface area contributed by atoms with E-state index in [0.717, 1.165) is 30.8 Å². The molecule has 1 saturated heterocycles. The largest absolute Gasteiger partial charge is 0.382 e. The van der Waals surface area contributed by atoms with Gasteiger partial charge in [0.2, 0.25) is 0 Å². The molecule has 0 saturated carbocycles. The van der Waals surface area contributed by atoms with E-state index in [9.17, 15) is 0 Å². The van der Waals surface area contributed by atoms with Crippen LogP contribution >= 0.6 is 0 Å². The minimum atomic E-state index is 0.343. The van der Waals surface area contributed by atoms with Gasteiger partial charge in [0.1, 0.15) is 0 Å². The molecule has 1 aliphatic rings. The van der Waals surface area contributed by atoms with E-state index in [1.807, 2.05) is 25.1 Å². The van der Waals surface area contributed by atoms with E-state index >= 15 is 0 Å². The molecule has 0 spiro atoms. The molecule has 1 N–H and O–H groups in total. The van der Waals surface area contributed by atoms with E-state index in [4.69, 9.17) is 10.00 Å². The molecule has 84 valence electrons. The summed E-state index contributed by atoms with van der Waals surface area (Å²) in [7, 11) is 0. The Bertz CT molecular complexity index is 403. The van der Waals surface area contributed by atoms with E-state index in [2.05, 4.69) is 11.4 Å². The first-order valence-corrected chi connectivity index (χ1v) is 5.66. The zero-order valence-electron chi connectivity index (χ0n) is 9.49. The highest BCUT2D eigenvalue weighted by molar-refractivity contribution is 5.54. The number of nitrogens with one attached hydrogen (secondary N) is 1. The lowest BCUT2D eigenvalue weighted by Crippen LogP contribution is -2.18. The molecule has 0 amide bonds. The molecule has 0 aromatic heterocycles. The SMILES string of the molecule is Cc1cc(C#N)ccc1NCC1CCCO1. The third-order valence-electron chi connectivity index (χ3n) is 2.90. The summed E-state index contributed by atoms with van der Waals surface area (Å²) in [5.41, 5.74) is 2.91. The summed E-state index contributed by atoms with van der Waals surface area (Å²) in [6.45, 7) is 3.75. The number of ether oxygens (including phenoxy) is 1. The van der Waals surface area contributed by atoms with E-state index < -0.39 is 0 Å². The molecule has 3 heteroatoms. The van der Waals surface area contributed by atoms with Crippen LogP contribution in [0, 0.1) is 18.3 Å². The second kappa shape index (κ2) is 5.00. The maximum Gasteiger partial charge on any atom is 0.0991 e. The van der Waals surface area contributed by atoms with Gasteiger partial charge in [0.25, 0.3) is 0 Å². The molecule has 2 rings (SSSR count). The highest BCUT2D eigenvalue weighted by Gasteiger charge is 2.14. The molecular formula is C13H16N2O. The third kappa shape index (κ3) is 2.53. The van der Waals surface area contributed by atoms with Crippen molar-refractivity contribution in [3.8, 4) is 6.07 Å². The molecule has 16 heavy (non-hydrogen) atoms. The number of anilines is 1. The number of aryl methyl sites for hydroxylation is 1. The van der Waals surface area contributed by atoms with Gasteiger partial charge in [-0.3, -0.25) is 0 Å². The maximum atomic E-state index is 8.77. The van der Waals surface area contributed by atoms with Gasteiger partial charge in [-0.1, -0.05) is 0 Å². The summed E-state index contributed by atoms with van der Waals surface area (Å²) >= 11 is 0. The van der Waals surface area contributed by atoms with Crippen molar-refractivity contribution >= 4 is 5.69 Å². The minimum absolute atomic E-state index is 0.343. The van der Waals surface area contributed by atoms with Crippen molar-refractivity contribution in [1.82, 2.24) is 0 Å². The summed E-state index contributed by atoms with van der Waals surface area (Å²) in [6.07, 6.45) is 2.65. The van der Waals surface area contributed by atoms with Crippen LogP contribution in [0.5, 0.6) is 0 Å². The van der Waals surface area contributed by atoms with Crippen LogP contribution in [0.2, 0.25) is 0 Å². The van der Waals surface area contributed by atoms with Crippen LogP contribution < -0.4 is 5.32 Å². The molecule has 1 unspecified atom stereocenters. The monoisotopic (exact) mass is 216 g/mol. The lowest BCUT2D eigenvalue weighted by molar-refractivity contribution is 0.120. The first-order chi connectivity index (χ1) is 7.79.